The average Bonchev–Trinajstić information content (AvgIpc) is 2.74. The van der Waals surface area contributed by atoms with E-state index in [1.165, 1.54) is 4.90 Å². The van der Waals surface area contributed by atoms with Crippen molar-refractivity contribution in [3.8, 4) is 11.1 Å². The molecule has 1 aromatic carbocycles. The van der Waals surface area contributed by atoms with Gasteiger partial charge in [0.25, 0.3) is 0 Å². The third-order valence-corrected chi connectivity index (χ3v) is 4.50. The van der Waals surface area contributed by atoms with Gasteiger partial charge in [-0.05, 0) is 57.1 Å². The molecular weight excluding hydrogens is 334 g/mol. The van der Waals surface area contributed by atoms with Crippen LogP contribution in [0.5, 0.6) is 0 Å². The fraction of sp³-hybridized carbons (Fsp3) is 0.278. The maximum atomic E-state index is 12.9. The first-order chi connectivity index (χ1) is 11.7. The van der Waals surface area contributed by atoms with E-state index >= 15 is 0 Å². The first-order valence-electron chi connectivity index (χ1n) is 7.84. The van der Waals surface area contributed by atoms with Crippen molar-refractivity contribution in [3.63, 3.8) is 0 Å². The number of aromatic nitrogens is 2. The van der Waals surface area contributed by atoms with Crippen molar-refractivity contribution in [1.29, 1.82) is 0 Å². The summed E-state index contributed by atoms with van der Waals surface area (Å²) < 4.78 is 0. The first kappa shape index (κ1) is 17.2. The number of rotatable bonds is 1. The van der Waals surface area contributed by atoms with E-state index in [1.54, 1.807) is 19.3 Å². The van der Waals surface area contributed by atoms with Crippen LogP contribution in [0, 0.1) is 6.92 Å². The number of aryl methyl sites for hydroxylation is 1. The van der Waals surface area contributed by atoms with Crippen molar-refractivity contribution in [3.05, 3.63) is 42.0 Å². The van der Waals surface area contributed by atoms with Gasteiger partial charge in [0.1, 0.15) is 5.82 Å². The van der Waals surface area contributed by atoms with Crippen LogP contribution in [0.4, 0.5) is 5.69 Å². The highest BCUT2D eigenvalue weighted by Gasteiger charge is 2.45. The maximum Gasteiger partial charge on any atom is 0.243 e. The molecule has 2 aromatic rings. The zero-order valence-electron chi connectivity index (χ0n) is 14.6. The molecule has 2 heterocycles. The molecule has 1 amide bonds. The third kappa shape index (κ3) is 2.91. The summed E-state index contributed by atoms with van der Waals surface area (Å²) in [5, 5.41) is 0.147. The highest BCUT2D eigenvalue weighted by Crippen LogP contribution is 2.43. The van der Waals surface area contributed by atoms with Crippen LogP contribution in [0.3, 0.4) is 0 Å². The number of nitrogens with two attached hydrogens (primary N) is 1. The van der Waals surface area contributed by atoms with Crippen molar-refractivity contribution in [2.24, 2.45) is 10.7 Å². The zero-order valence-corrected chi connectivity index (χ0v) is 15.4. The molecule has 1 aliphatic rings. The Labute approximate surface area is 151 Å². The van der Waals surface area contributed by atoms with Gasteiger partial charge in [-0.3, -0.25) is 9.69 Å². The molecule has 25 heavy (non-hydrogen) atoms. The van der Waals surface area contributed by atoms with Crippen LogP contribution in [0.1, 0.15) is 32.2 Å². The summed E-state index contributed by atoms with van der Waals surface area (Å²) >= 11 is 5.34. The van der Waals surface area contributed by atoms with Crippen LogP contribution in [0.15, 0.2) is 35.6 Å². The second-order valence-electron chi connectivity index (χ2n) is 6.55. The van der Waals surface area contributed by atoms with Gasteiger partial charge in [0, 0.05) is 18.0 Å². The second-order valence-corrected chi connectivity index (χ2v) is 6.92. The number of hydrogen-bond acceptors (Lipinski definition) is 4. The van der Waals surface area contributed by atoms with Crippen molar-refractivity contribution >= 4 is 34.8 Å². The Balaban J connectivity index is 2.14. The van der Waals surface area contributed by atoms with Crippen LogP contribution >= 0.6 is 12.2 Å². The summed E-state index contributed by atoms with van der Waals surface area (Å²) in [7, 11) is 0. The molecule has 0 atom stereocenters. The predicted octanol–water partition coefficient (Wildman–Crippen LogP) is 2.74. The summed E-state index contributed by atoms with van der Waals surface area (Å²) in [6.07, 6.45) is 3.52. The van der Waals surface area contributed by atoms with Gasteiger partial charge >= 0.3 is 0 Å². The molecule has 7 heteroatoms. The minimum Gasteiger partial charge on any atom is -0.387 e. The van der Waals surface area contributed by atoms with Gasteiger partial charge in [-0.1, -0.05) is 12.1 Å². The number of amidine groups is 1. The van der Waals surface area contributed by atoms with Gasteiger partial charge < -0.3 is 5.73 Å². The fourth-order valence-electron chi connectivity index (χ4n) is 2.86. The number of fused-ring (bicyclic) bond motifs is 1. The Kier molecular flexibility index (Phi) is 4.12. The van der Waals surface area contributed by atoms with E-state index in [-0.39, 0.29) is 11.0 Å². The lowest BCUT2D eigenvalue weighted by molar-refractivity contribution is -0.121. The Bertz CT molecular complexity index is 898. The summed E-state index contributed by atoms with van der Waals surface area (Å²) in [5.74, 6) is 0.902. The minimum absolute atomic E-state index is 0.116. The van der Waals surface area contributed by atoms with Crippen LogP contribution in [-0.4, -0.2) is 26.8 Å². The highest BCUT2D eigenvalue weighted by molar-refractivity contribution is 7.80. The van der Waals surface area contributed by atoms with Crippen LogP contribution in [-0.2, 0) is 10.2 Å². The quantitative estimate of drug-likeness (QED) is 0.484. The van der Waals surface area contributed by atoms with Crippen LogP contribution in [0.2, 0.25) is 0 Å². The van der Waals surface area contributed by atoms with Gasteiger partial charge in [-0.25, -0.2) is 15.0 Å². The number of carbonyl (C=O) groups excluding carboxylic acids is 1. The molecule has 0 saturated heterocycles. The standard InChI is InChI=1S/C18H19N5OS/c1-10(19)22-17(25)23-15-7-12(13-8-20-11(2)21-9-13)5-6-14(15)18(3,4)16(23)24/h5-9H,1-4H3,(H2,19,22,25). The lowest BCUT2D eigenvalue weighted by atomic mass is 9.85. The van der Waals surface area contributed by atoms with Gasteiger partial charge in [0.2, 0.25) is 11.0 Å². The molecule has 0 unspecified atom stereocenters. The zero-order chi connectivity index (χ0) is 18.4. The Morgan fingerprint density at radius 2 is 1.88 bits per heavy atom. The maximum absolute atomic E-state index is 12.9. The van der Waals surface area contributed by atoms with Crippen molar-refractivity contribution in [1.82, 2.24) is 9.97 Å². The first-order valence-corrected chi connectivity index (χ1v) is 8.25. The summed E-state index contributed by atoms with van der Waals surface area (Å²) in [6, 6.07) is 5.83. The summed E-state index contributed by atoms with van der Waals surface area (Å²) in [4.78, 5) is 26.9. The monoisotopic (exact) mass is 353 g/mol. The van der Waals surface area contributed by atoms with E-state index in [0.717, 1.165) is 22.4 Å². The molecular formula is C18H19N5OS. The number of nitrogens with zero attached hydrogens (tertiary/aromatic N) is 4. The van der Waals surface area contributed by atoms with Gasteiger partial charge in [-0.15, -0.1) is 0 Å². The molecule has 1 aliphatic heterocycles. The van der Waals surface area contributed by atoms with Crippen molar-refractivity contribution in [2.75, 3.05) is 4.90 Å². The highest BCUT2D eigenvalue weighted by atomic mass is 32.1. The Morgan fingerprint density at radius 3 is 2.48 bits per heavy atom. The van der Waals surface area contributed by atoms with Crippen molar-refractivity contribution < 1.29 is 4.79 Å². The average molecular weight is 353 g/mol. The normalized spacial score (nSPS) is 16.1. The molecule has 0 radical (unpaired) electrons. The van der Waals surface area contributed by atoms with Gasteiger partial charge in [0.05, 0.1) is 16.9 Å². The number of benzene rings is 1. The SMILES string of the molecule is C/C(N)=N/C(=S)N1C(=O)C(C)(C)c2ccc(-c3cnc(C)nc3)cc21. The van der Waals surface area contributed by atoms with E-state index in [4.69, 9.17) is 18.0 Å². The molecule has 0 aliphatic carbocycles. The van der Waals surface area contributed by atoms with Crippen molar-refractivity contribution in [2.45, 2.75) is 33.1 Å². The van der Waals surface area contributed by atoms with E-state index in [0.29, 0.717) is 11.7 Å². The molecule has 3 rings (SSSR count). The smallest absolute Gasteiger partial charge is 0.243 e. The molecule has 0 spiro atoms. The molecule has 128 valence electrons. The molecule has 2 N–H and O–H groups in total. The van der Waals surface area contributed by atoms with Crippen LogP contribution < -0.4 is 10.6 Å². The lowest BCUT2D eigenvalue weighted by Gasteiger charge is -2.18. The topological polar surface area (TPSA) is 84.5 Å². The van der Waals surface area contributed by atoms with E-state index in [1.807, 2.05) is 39.0 Å². The largest absolute Gasteiger partial charge is 0.387 e. The molecule has 0 bridgehead atoms. The van der Waals surface area contributed by atoms with E-state index in [2.05, 4.69) is 15.0 Å². The number of anilines is 1. The lowest BCUT2D eigenvalue weighted by Crippen LogP contribution is -2.39. The second kappa shape index (κ2) is 6.00. The van der Waals surface area contributed by atoms with E-state index in [9.17, 15) is 4.79 Å². The minimum atomic E-state index is -0.681. The Hall–Kier alpha value is -2.67. The molecule has 6 nitrogen and oxygen atoms in total. The van der Waals surface area contributed by atoms with E-state index < -0.39 is 5.41 Å². The fourth-order valence-corrected chi connectivity index (χ4v) is 3.19. The number of amides is 1. The number of aliphatic imine (C=N–C) groups is 1. The predicted molar refractivity (Wildman–Crippen MR) is 103 cm³/mol. The third-order valence-electron chi connectivity index (χ3n) is 4.23. The number of carbonyl (C=O) groups is 1. The summed E-state index contributed by atoms with van der Waals surface area (Å²) in [5.41, 5.74) is 8.36. The molecule has 0 fully saturated rings. The molecule has 1 aromatic heterocycles. The number of thiocarbonyl (C=S) groups is 1. The van der Waals surface area contributed by atoms with Gasteiger partial charge in [0.15, 0.2) is 0 Å². The van der Waals surface area contributed by atoms with Crippen LogP contribution in [0.25, 0.3) is 11.1 Å². The molecule has 0 saturated carbocycles. The number of hydrogen-bond donors (Lipinski definition) is 1. The summed E-state index contributed by atoms with van der Waals surface area (Å²) in [6.45, 7) is 7.23. The Morgan fingerprint density at radius 1 is 1.24 bits per heavy atom. The van der Waals surface area contributed by atoms with Gasteiger partial charge in [-0.2, -0.15) is 0 Å².